The van der Waals surface area contributed by atoms with Crippen LogP contribution in [0.15, 0.2) is 21.9 Å². The van der Waals surface area contributed by atoms with Crippen LogP contribution in [0.4, 0.5) is 0 Å². The molecular weight excluding hydrogens is 557 g/mol. The fourth-order valence-corrected chi connectivity index (χ4v) is 10.5. The molecule has 1 saturated carbocycles. The quantitative estimate of drug-likeness (QED) is 0.207. The van der Waals surface area contributed by atoms with E-state index in [0.29, 0.717) is 24.2 Å². The number of aliphatic hydroxyl groups excluding tert-OH is 2. The molecule has 1 saturated heterocycles. The van der Waals surface area contributed by atoms with Crippen LogP contribution in [-0.2, 0) is 31.6 Å². The molecule has 0 aromatic carbocycles. The number of H-pyrrole nitrogens is 1. The van der Waals surface area contributed by atoms with Crippen molar-refractivity contribution in [1.29, 1.82) is 0 Å². The molecule has 2 heterocycles. The van der Waals surface area contributed by atoms with E-state index >= 15 is 0 Å². The fourth-order valence-electron chi connectivity index (χ4n) is 3.57. The summed E-state index contributed by atoms with van der Waals surface area (Å²) in [5.41, 5.74) is -1.69. The maximum Gasteiger partial charge on any atom is 0.488 e. The Morgan fingerprint density at radius 1 is 1.03 bits per heavy atom. The Bertz CT molecular complexity index is 1150. The third-order valence-electron chi connectivity index (χ3n) is 5.11. The largest absolute Gasteiger partial charge is 0.488 e. The van der Waals surface area contributed by atoms with Crippen LogP contribution in [0.2, 0.25) is 0 Å². The molecule has 1 aliphatic heterocycles. The maximum absolute atomic E-state index is 12.2. The zero-order valence-electron chi connectivity index (χ0n) is 17.9. The first-order valence-electron chi connectivity index (χ1n) is 10.3. The summed E-state index contributed by atoms with van der Waals surface area (Å²) in [6.07, 6.45) is -1.75. The lowest BCUT2D eigenvalue weighted by Gasteiger charge is -2.24. The summed E-state index contributed by atoms with van der Waals surface area (Å²) in [5, 5.41) is 20.0. The smallest absolute Gasteiger partial charge is 0.387 e. The average molecular weight is 582 g/mol. The summed E-state index contributed by atoms with van der Waals surface area (Å²) in [4.78, 5) is 54.3. The number of nitrogens with one attached hydrogen (secondary N) is 1. The number of hydrogen-bond donors (Lipinski definition) is 6. The van der Waals surface area contributed by atoms with E-state index in [1.54, 1.807) is 0 Å². The van der Waals surface area contributed by atoms with Gasteiger partial charge in [0.05, 0.1) is 6.61 Å². The van der Waals surface area contributed by atoms with Gasteiger partial charge in [0.1, 0.15) is 18.3 Å². The highest BCUT2D eigenvalue weighted by molar-refractivity contribution is 8.55. The molecule has 7 atom stereocenters. The van der Waals surface area contributed by atoms with Crippen LogP contribution in [0.5, 0.6) is 0 Å². The minimum absolute atomic E-state index is 0.299. The van der Waals surface area contributed by atoms with Gasteiger partial charge < -0.3 is 29.6 Å². The van der Waals surface area contributed by atoms with Gasteiger partial charge in [0.25, 0.3) is 5.56 Å². The second-order valence-electron chi connectivity index (χ2n) is 7.79. The number of phosphoric ester groups is 1. The average Bonchev–Trinajstić information content (AvgIpc) is 2.99. The van der Waals surface area contributed by atoms with Crippen molar-refractivity contribution < 1.29 is 56.5 Å². The SMILES string of the molecule is O=c1ccn([C@@H]2O[C@H](COP(=O)(O)OP(=O)(O)OP(=O)(O)SC3CCCCC3)[C@H](O)C2O)c(=O)[nH]1. The van der Waals surface area contributed by atoms with Crippen LogP contribution >= 0.6 is 33.8 Å². The summed E-state index contributed by atoms with van der Waals surface area (Å²) >= 11 is 0.444. The molecule has 3 rings (SSSR count). The standard InChI is InChI=1S/C15H25N2O14P3S/c18-11-6-7-17(15(21)16-11)14-13(20)12(19)10(29-14)8-28-32(22,23)30-33(24,25)31-34(26,27)35-9-4-2-1-3-5-9/h6-7,9-10,12-14,19-20H,1-5,8H2,(H,22,23)(H,24,25)(H,26,27)(H,16,18,21)/t10-,12+,13?,14-/m1/s1. The predicted octanol–water partition coefficient (Wildman–Crippen LogP) is 0.573. The first-order valence-corrected chi connectivity index (χ1v) is 16.3. The van der Waals surface area contributed by atoms with Crippen LogP contribution in [0.1, 0.15) is 38.3 Å². The molecule has 0 spiro atoms. The molecule has 0 bridgehead atoms. The van der Waals surface area contributed by atoms with E-state index in [1.807, 2.05) is 4.98 Å². The summed E-state index contributed by atoms with van der Waals surface area (Å²) < 4.78 is 55.2. The zero-order valence-corrected chi connectivity index (χ0v) is 21.4. The monoisotopic (exact) mass is 582 g/mol. The van der Waals surface area contributed by atoms with Gasteiger partial charge in [0.2, 0.25) is 0 Å². The topological polar surface area (TPSA) is 244 Å². The van der Waals surface area contributed by atoms with Gasteiger partial charge in [0, 0.05) is 17.5 Å². The van der Waals surface area contributed by atoms with Gasteiger partial charge >= 0.3 is 28.1 Å². The molecule has 6 N–H and O–H groups in total. The van der Waals surface area contributed by atoms with Crippen molar-refractivity contribution in [3.8, 4) is 0 Å². The van der Waals surface area contributed by atoms with E-state index in [-0.39, 0.29) is 5.25 Å². The summed E-state index contributed by atoms with van der Waals surface area (Å²) in [6.45, 7) is -5.72. The lowest BCUT2D eigenvalue weighted by molar-refractivity contribution is -0.0542. The molecule has 35 heavy (non-hydrogen) atoms. The van der Waals surface area contributed by atoms with E-state index < -0.39 is 64.8 Å². The summed E-state index contributed by atoms with van der Waals surface area (Å²) in [7, 11) is -11.0. The van der Waals surface area contributed by atoms with Gasteiger partial charge in [0.15, 0.2) is 6.23 Å². The van der Waals surface area contributed by atoms with Crippen molar-refractivity contribution in [2.45, 2.75) is 61.9 Å². The molecule has 1 aromatic heterocycles. The normalized spacial score (nSPS) is 30.9. The molecule has 200 valence electrons. The highest BCUT2D eigenvalue weighted by atomic mass is 32.7. The van der Waals surface area contributed by atoms with Gasteiger partial charge in [-0.2, -0.15) is 8.62 Å². The Labute approximate surface area is 201 Å². The molecule has 1 aromatic rings. The Morgan fingerprint density at radius 2 is 1.69 bits per heavy atom. The first-order chi connectivity index (χ1) is 16.2. The van der Waals surface area contributed by atoms with Gasteiger partial charge in [-0.3, -0.25) is 18.9 Å². The van der Waals surface area contributed by atoms with E-state index in [4.69, 9.17) is 4.74 Å². The molecule has 2 aliphatic rings. The molecular formula is C15H25N2O14P3S. The summed E-state index contributed by atoms with van der Waals surface area (Å²) in [6, 6.07) is 0.953. The highest BCUT2D eigenvalue weighted by Gasteiger charge is 2.47. The minimum Gasteiger partial charge on any atom is -0.387 e. The van der Waals surface area contributed by atoms with E-state index in [0.717, 1.165) is 36.1 Å². The molecule has 1 aliphatic carbocycles. The number of aromatic amines is 1. The third-order valence-corrected chi connectivity index (χ3v) is 12.2. The summed E-state index contributed by atoms with van der Waals surface area (Å²) in [5.74, 6) is 0. The molecule has 20 heteroatoms. The fraction of sp³-hybridized carbons (Fsp3) is 0.733. The lowest BCUT2D eigenvalue weighted by Crippen LogP contribution is -2.37. The molecule has 2 fully saturated rings. The number of hydrogen-bond acceptors (Lipinski definition) is 12. The Balaban J connectivity index is 1.57. The van der Waals surface area contributed by atoms with Crippen LogP contribution in [0, 0.1) is 0 Å². The number of ether oxygens (including phenoxy) is 1. The number of phosphoric acid groups is 2. The van der Waals surface area contributed by atoms with Crippen molar-refractivity contribution >= 4 is 33.8 Å². The lowest BCUT2D eigenvalue weighted by atomic mass is 10.0. The van der Waals surface area contributed by atoms with Crippen molar-refractivity contribution in [3.63, 3.8) is 0 Å². The van der Waals surface area contributed by atoms with Crippen LogP contribution in [0.25, 0.3) is 0 Å². The van der Waals surface area contributed by atoms with Crippen molar-refractivity contribution in [3.05, 3.63) is 33.1 Å². The van der Waals surface area contributed by atoms with Crippen molar-refractivity contribution in [2.75, 3.05) is 6.61 Å². The van der Waals surface area contributed by atoms with Crippen molar-refractivity contribution in [2.24, 2.45) is 0 Å². The van der Waals surface area contributed by atoms with E-state index in [9.17, 15) is 48.2 Å². The number of aromatic nitrogens is 2. The number of nitrogens with zero attached hydrogens (tertiary/aromatic N) is 1. The second kappa shape index (κ2) is 11.4. The van der Waals surface area contributed by atoms with Gasteiger partial charge in [-0.05, 0) is 24.2 Å². The Kier molecular flexibility index (Phi) is 9.42. The van der Waals surface area contributed by atoms with Gasteiger partial charge in [-0.25, -0.2) is 18.5 Å². The predicted molar refractivity (Wildman–Crippen MR) is 119 cm³/mol. The molecule has 4 unspecified atom stereocenters. The Morgan fingerprint density at radius 3 is 2.31 bits per heavy atom. The van der Waals surface area contributed by atoms with Gasteiger partial charge in [-0.15, -0.1) is 0 Å². The van der Waals surface area contributed by atoms with E-state index in [2.05, 4.69) is 13.1 Å². The van der Waals surface area contributed by atoms with Gasteiger partial charge in [-0.1, -0.05) is 19.3 Å². The van der Waals surface area contributed by atoms with Crippen molar-refractivity contribution in [1.82, 2.24) is 9.55 Å². The third kappa shape index (κ3) is 8.17. The highest BCUT2D eigenvalue weighted by Crippen LogP contribution is 2.72. The number of aliphatic hydroxyl groups is 2. The number of rotatable bonds is 10. The molecule has 16 nitrogen and oxygen atoms in total. The molecule has 0 amide bonds. The van der Waals surface area contributed by atoms with Crippen LogP contribution in [0.3, 0.4) is 0 Å². The van der Waals surface area contributed by atoms with E-state index in [1.165, 1.54) is 0 Å². The minimum atomic E-state index is -5.57. The van der Waals surface area contributed by atoms with Crippen LogP contribution < -0.4 is 11.2 Å². The van der Waals surface area contributed by atoms with Crippen LogP contribution in [-0.4, -0.2) is 64.6 Å². The second-order valence-corrected chi connectivity index (χ2v) is 15.1. The first kappa shape index (κ1) is 28.9. The Hall–Kier alpha value is -0.640. The molecule has 0 radical (unpaired) electrons. The zero-order chi connectivity index (χ0) is 26.0. The maximum atomic E-state index is 12.2.